The molecule has 0 aliphatic rings. The molecule has 0 saturated carbocycles. The molecular weight excluding hydrogens is 188 g/mol. The van der Waals surface area contributed by atoms with Crippen LogP contribution in [0.1, 0.15) is 26.5 Å². The van der Waals surface area contributed by atoms with Crippen LogP contribution in [-0.4, -0.2) is 21.6 Å². The van der Waals surface area contributed by atoms with Crippen molar-refractivity contribution in [1.82, 2.24) is 14.9 Å². The second-order valence-corrected chi connectivity index (χ2v) is 4.63. The maximum absolute atomic E-state index is 5.80. The average molecular weight is 210 g/mol. The van der Waals surface area contributed by atoms with Crippen molar-refractivity contribution in [2.24, 2.45) is 18.7 Å². The molecule has 3 N–H and O–H groups in total. The Kier molecular flexibility index (Phi) is 3.88. The smallest absolute Gasteiger partial charge is 0.0945 e. The average Bonchev–Trinajstić information content (AvgIpc) is 2.60. The maximum Gasteiger partial charge on any atom is 0.0945 e. The first-order valence-electron chi connectivity index (χ1n) is 5.40. The summed E-state index contributed by atoms with van der Waals surface area (Å²) >= 11 is 0. The van der Waals surface area contributed by atoms with E-state index in [2.05, 4.69) is 31.1 Å². The summed E-state index contributed by atoms with van der Waals surface area (Å²) in [6, 6.07) is 0. The lowest BCUT2D eigenvalue weighted by Crippen LogP contribution is -2.52. The highest BCUT2D eigenvalue weighted by atomic mass is 15.1. The monoisotopic (exact) mass is 210 g/mol. The van der Waals surface area contributed by atoms with Gasteiger partial charge in [-0.15, -0.1) is 0 Å². The normalized spacial score (nSPS) is 15.6. The maximum atomic E-state index is 5.80. The molecule has 0 amide bonds. The molecule has 15 heavy (non-hydrogen) atoms. The molecule has 4 heteroatoms. The van der Waals surface area contributed by atoms with Gasteiger partial charge in [-0.3, -0.25) is 0 Å². The molecule has 0 aromatic carbocycles. The largest absolute Gasteiger partial charge is 0.337 e. The number of aryl methyl sites for hydroxylation is 1. The lowest BCUT2D eigenvalue weighted by atomic mass is 9.88. The predicted molar refractivity (Wildman–Crippen MR) is 62.3 cm³/mol. The second kappa shape index (κ2) is 4.77. The van der Waals surface area contributed by atoms with E-state index in [4.69, 9.17) is 5.73 Å². The number of aromatic nitrogens is 2. The lowest BCUT2D eigenvalue weighted by molar-refractivity contribution is 0.265. The van der Waals surface area contributed by atoms with E-state index in [1.165, 1.54) is 5.69 Å². The standard InChI is InChI=1S/C11H22N4/c1-9(2)11(3,7-12)14-6-10-5-13-8-15(10)4/h5,8-9,14H,6-7,12H2,1-4H3. The molecule has 1 aromatic heterocycles. The third kappa shape index (κ3) is 2.79. The quantitative estimate of drug-likeness (QED) is 0.758. The van der Waals surface area contributed by atoms with Crippen LogP contribution in [0.15, 0.2) is 12.5 Å². The second-order valence-electron chi connectivity index (χ2n) is 4.63. The van der Waals surface area contributed by atoms with Crippen molar-refractivity contribution in [3.63, 3.8) is 0 Å². The van der Waals surface area contributed by atoms with E-state index in [0.717, 1.165) is 6.54 Å². The molecule has 0 bridgehead atoms. The molecule has 1 unspecified atom stereocenters. The van der Waals surface area contributed by atoms with E-state index in [0.29, 0.717) is 12.5 Å². The van der Waals surface area contributed by atoms with Gasteiger partial charge in [-0.1, -0.05) is 13.8 Å². The number of hydrogen-bond donors (Lipinski definition) is 2. The molecule has 0 saturated heterocycles. The Hall–Kier alpha value is -0.870. The fourth-order valence-corrected chi connectivity index (χ4v) is 1.36. The van der Waals surface area contributed by atoms with E-state index in [-0.39, 0.29) is 5.54 Å². The molecule has 0 radical (unpaired) electrons. The van der Waals surface area contributed by atoms with E-state index in [1.54, 1.807) is 0 Å². The van der Waals surface area contributed by atoms with E-state index >= 15 is 0 Å². The van der Waals surface area contributed by atoms with Crippen LogP contribution >= 0.6 is 0 Å². The van der Waals surface area contributed by atoms with Crippen molar-refractivity contribution in [2.45, 2.75) is 32.9 Å². The third-order valence-corrected chi connectivity index (χ3v) is 3.29. The van der Waals surface area contributed by atoms with Crippen molar-refractivity contribution in [2.75, 3.05) is 6.54 Å². The molecule has 4 nitrogen and oxygen atoms in total. The zero-order valence-corrected chi connectivity index (χ0v) is 10.1. The SMILES string of the molecule is CC(C)C(C)(CN)NCc1cncn1C. The van der Waals surface area contributed by atoms with Crippen molar-refractivity contribution in [3.8, 4) is 0 Å². The summed E-state index contributed by atoms with van der Waals surface area (Å²) < 4.78 is 2.02. The molecular formula is C11H22N4. The van der Waals surface area contributed by atoms with Crippen LogP contribution in [0.25, 0.3) is 0 Å². The first kappa shape index (κ1) is 12.2. The molecule has 86 valence electrons. The van der Waals surface area contributed by atoms with Gasteiger partial charge in [0.15, 0.2) is 0 Å². The van der Waals surface area contributed by atoms with Gasteiger partial charge in [0.2, 0.25) is 0 Å². The van der Waals surface area contributed by atoms with Gasteiger partial charge in [-0.05, 0) is 12.8 Å². The van der Waals surface area contributed by atoms with Gasteiger partial charge in [0.1, 0.15) is 0 Å². The summed E-state index contributed by atoms with van der Waals surface area (Å²) in [4.78, 5) is 4.08. The Morgan fingerprint density at radius 2 is 2.27 bits per heavy atom. The zero-order chi connectivity index (χ0) is 11.5. The molecule has 1 rings (SSSR count). The molecule has 0 aliphatic carbocycles. The highest BCUT2D eigenvalue weighted by Gasteiger charge is 2.25. The summed E-state index contributed by atoms with van der Waals surface area (Å²) in [7, 11) is 2.00. The third-order valence-electron chi connectivity index (χ3n) is 3.29. The number of nitrogens with one attached hydrogen (secondary N) is 1. The van der Waals surface area contributed by atoms with Crippen LogP contribution < -0.4 is 11.1 Å². The molecule has 1 atom stereocenters. The summed E-state index contributed by atoms with van der Waals surface area (Å²) in [5, 5.41) is 3.50. The van der Waals surface area contributed by atoms with Crippen LogP contribution in [-0.2, 0) is 13.6 Å². The Bertz CT molecular complexity index is 305. The van der Waals surface area contributed by atoms with Gasteiger partial charge in [0.25, 0.3) is 0 Å². The molecule has 0 fully saturated rings. The highest BCUT2D eigenvalue weighted by Crippen LogP contribution is 2.15. The molecule has 1 aromatic rings. The first-order valence-corrected chi connectivity index (χ1v) is 5.40. The number of hydrogen-bond acceptors (Lipinski definition) is 3. The van der Waals surface area contributed by atoms with Gasteiger partial charge < -0.3 is 15.6 Å². The topological polar surface area (TPSA) is 55.9 Å². The van der Waals surface area contributed by atoms with Gasteiger partial charge >= 0.3 is 0 Å². The minimum Gasteiger partial charge on any atom is -0.337 e. The minimum atomic E-state index is -0.00965. The number of nitrogens with zero attached hydrogens (tertiary/aromatic N) is 2. The Labute approximate surface area is 91.9 Å². The highest BCUT2D eigenvalue weighted by molar-refractivity contribution is 4.99. The van der Waals surface area contributed by atoms with Crippen LogP contribution in [0.3, 0.4) is 0 Å². The van der Waals surface area contributed by atoms with Crippen molar-refractivity contribution in [1.29, 1.82) is 0 Å². The molecule has 0 spiro atoms. The zero-order valence-electron chi connectivity index (χ0n) is 10.1. The van der Waals surface area contributed by atoms with Crippen molar-refractivity contribution < 1.29 is 0 Å². The van der Waals surface area contributed by atoms with Crippen LogP contribution in [0.2, 0.25) is 0 Å². The number of imidazole rings is 1. The molecule has 1 heterocycles. The lowest BCUT2D eigenvalue weighted by Gasteiger charge is -2.33. The first-order chi connectivity index (χ1) is 6.99. The van der Waals surface area contributed by atoms with E-state index < -0.39 is 0 Å². The Morgan fingerprint density at radius 3 is 2.67 bits per heavy atom. The number of rotatable bonds is 5. The summed E-state index contributed by atoms with van der Waals surface area (Å²) in [6.45, 7) is 7.98. The van der Waals surface area contributed by atoms with E-state index in [9.17, 15) is 0 Å². The van der Waals surface area contributed by atoms with Gasteiger partial charge in [-0.25, -0.2) is 4.98 Å². The van der Waals surface area contributed by atoms with Crippen molar-refractivity contribution in [3.05, 3.63) is 18.2 Å². The van der Waals surface area contributed by atoms with Gasteiger partial charge in [-0.2, -0.15) is 0 Å². The Morgan fingerprint density at radius 1 is 1.60 bits per heavy atom. The van der Waals surface area contributed by atoms with E-state index in [1.807, 2.05) is 24.1 Å². The van der Waals surface area contributed by atoms with Crippen LogP contribution in [0.4, 0.5) is 0 Å². The van der Waals surface area contributed by atoms with Crippen LogP contribution in [0.5, 0.6) is 0 Å². The fraction of sp³-hybridized carbons (Fsp3) is 0.727. The summed E-state index contributed by atoms with van der Waals surface area (Å²) in [5.41, 5.74) is 6.97. The molecule has 0 aliphatic heterocycles. The fourth-order valence-electron chi connectivity index (χ4n) is 1.36. The summed E-state index contributed by atoms with van der Waals surface area (Å²) in [6.07, 6.45) is 3.69. The minimum absolute atomic E-state index is 0.00965. The summed E-state index contributed by atoms with van der Waals surface area (Å²) in [5.74, 6) is 0.510. The predicted octanol–water partition coefficient (Wildman–Crippen LogP) is 0.883. The van der Waals surface area contributed by atoms with Crippen molar-refractivity contribution >= 4 is 0 Å². The van der Waals surface area contributed by atoms with Gasteiger partial charge in [0.05, 0.1) is 12.0 Å². The number of nitrogens with two attached hydrogens (primary N) is 1. The van der Waals surface area contributed by atoms with Crippen LogP contribution in [0, 0.1) is 5.92 Å². The van der Waals surface area contributed by atoms with Gasteiger partial charge in [0, 0.05) is 31.9 Å². The Balaban J connectivity index is 2.59.